The molecule has 20 heavy (non-hydrogen) atoms. The van der Waals surface area contributed by atoms with Gasteiger partial charge in [-0.3, -0.25) is 0 Å². The van der Waals surface area contributed by atoms with E-state index < -0.39 is 0 Å². The third kappa shape index (κ3) is 2.37. The average molecular weight is 269 g/mol. The molecule has 0 saturated carbocycles. The summed E-state index contributed by atoms with van der Waals surface area (Å²) in [6.07, 6.45) is 2.80. The highest BCUT2D eigenvalue weighted by Gasteiger charge is 2.22. The number of rotatable bonds is 5. The van der Waals surface area contributed by atoms with Gasteiger partial charge in [0.25, 0.3) is 0 Å². The SMILES string of the molecule is CCCNC(c1cc2ccccc2o1)c1occc1C. The Balaban J connectivity index is 2.02. The number of aryl methyl sites for hydroxylation is 1. The summed E-state index contributed by atoms with van der Waals surface area (Å²) in [6.45, 7) is 5.13. The van der Waals surface area contributed by atoms with Crippen LogP contribution >= 0.6 is 0 Å². The fraction of sp³-hybridized carbons (Fsp3) is 0.294. The Morgan fingerprint density at radius 3 is 2.75 bits per heavy atom. The molecule has 0 fully saturated rings. The summed E-state index contributed by atoms with van der Waals surface area (Å²) in [6, 6.07) is 12.1. The summed E-state index contributed by atoms with van der Waals surface area (Å²) in [5.41, 5.74) is 2.05. The molecule has 0 amide bonds. The van der Waals surface area contributed by atoms with Crippen LogP contribution in [0.5, 0.6) is 0 Å². The summed E-state index contributed by atoms with van der Waals surface area (Å²) in [5, 5.41) is 4.62. The average Bonchev–Trinajstić information content (AvgIpc) is 3.06. The highest BCUT2D eigenvalue weighted by Crippen LogP contribution is 2.30. The normalized spacial score (nSPS) is 12.9. The Hall–Kier alpha value is -2.00. The Labute approximate surface area is 118 Å². The van der Waals surface area contributed by atoms with Crippen molar-refractivity contribution in [3.63, 3.8) is 0 Å². The second-order valence-corrected chi connectivity index (χ2v) is 5.04. The lowest BCUT2D eigenvalue weighted by Gasteiger charge is -2.14. The highest BCUT2D eigenvalue weighted by molar-refractivity contribution is 5.77. The van der Waals surface area contributed by atoms with Crippen LogP contribution in [0.15, 0.2) is 51.5 Å². The van der Waals surface area contributed by atoms with E-state index in [0.717, 1.165) is 41.0 Å². The van der Waals surface area contributed by atoms with E-state index >= 15 is 0 Å². The lowest BCUT2D eigenvalue weighted by atomic mass is 10.1. The molecule has 0 aliphatic heterocycles. The van der Waals surface area contributed by atoms with Crippen LogP contribution in [0.1, 0.15) is 36.5 Å². The Morgan fingerprint density at radius 1 is 1.20 bits per heavy atom. The van der Waals surface area contributed by atoms with Gasteiger partial charge in [0.2, 0.25) is 0 Å². The first-order valence-corrected chi connectivity index (χ1v) is 7.05. The van der Waals surface area contributed by atoms with Gasteiger partial charge in [-0.2, -0.15) is 0 Å². The van der Waals surface area contributed by atoms with Crippen LogP contribution in [0.3, 0.4) is 0 Å². The third-order valence-electron chi connectivity index (χ3n) is 3.49. The van der Waals surface area contributed by atoms with E-state index in [1.165, 1.54) is 0 Å². The smallest absolute Gasteiger partial charge is 0.134 e. The Bertz CT molecular complexity index is 663. The number of para-hydroxylation sites is 1. The van der Waals surface area contributed by atoms with Gasteiger partial charge in [0.05, 0.1) is 6.26 Å². The van der Waals surface area contributed by atoms with E-state index in [2.05, 4.69) is 31.3 Å². The van der Waals surface area contributed by atoms with Gasteiger partial charge in [-0.1, -0.05) is 25.1 Å². The maximum Gasteiger partial charge on any atom is 0.134 e. The molecular weight excluding hydrogens is 250 g/mol. The van der Waals surface area contributed by atoms with Crippen LogP contribution in [-0.4, -0.2) is 6.54 Å². The second kappa shape index (κ2) is 5.55. The molecule has 3 heteroatoms. The maximum absolute atomic E-state index is 5.98. The number of hydrogen-bond donors (Lipinski definition) is 1. The molecule has 1 aromatic carbocycles. The Kier molecular flexibility index (Phi) is 3.61. The van der Waals surface area contributed by atoms with E-state index in [1.807, 2.05) is 24.3 Å². The zero-order valence-electron chi connectivity index (χ0n) is 11.8. The summed E-state index contributed by atoms with van der Waals surface area (Å²) in [4.78, 5) is 0. The van der Waals surface area contributed by atoms with Crippen molar-refractivity contribution in [1.29, 1.82) is 0 Å². The van der Waals surface area contributed by atoms with Crippen molar-refractivity contribution in [2.75, 3.05) is 6.54 Å². The second-order valence-electron chi connectivity index (χ2n) is 5.04. The fourth-order valence-electron chi connectivity index (χ4n) is 2.44. The van der Waals surface area contributed by atoms with Crippen LogP contribution in [0.25, 0.3) is 11.0 Å². The first kappa shape index (κ1) is 13.0. The molecular formula is C17H19NO2. The van der Waals surface area contributed by atoms with Crippen LogP contribution in [-0.2, 0) is 0 Å². The molecule has 0 aliphatic carbocycles. The predicted molar refractivity (Wildman–Crippen MR) is 79.8 cm³/mol. The molecule has 3 aromatic rings. The molecule has 1 N–H and O–H groups in total. The quantitative estimate of drug-likeness (QED) is 0.745. The van der Waals surface area contributed by atoms with Gasteiger partial charge in [-0.15, -0.1) is 0 Å². The Morgan fingerprint density at radius 2 is 2.05 bits per heavy atom. The van der Waals surface area contributed by atoms with Crippen molar-refractivity contribution >= 4 is 11.0 Å². The van der Waals surface area contributed by atoms with Crippen LogP contribution in [0.2, 0.25) is 0 Å². The molecule has 0 bridgehead atoms. The zero-order valence-corrected chi connectivity index (χ0v) is 11.8. The lowest BCUT2D eigenvalue weighted by molar-refractivity contribution is 0.397. The van der Waals surface area contributed by atoms with Crippen molar-refractivity contribution in [2.45, 2.75) is 26.3 Å². The molecule has 0 saturated heterocycles. The molecule has 104 valence electrons. The highest BCUT2D eigenvalue weighted by atomic mass is 16.4. The van der Waals surface area contributed by atoms with Gasteiger partial charge in [0.15, 0.2) is 0 Å². The number of furan rings is 2. The van der Waals surface area contributed by atoms with Crippen LogP contribution < -0.4 is 5.32 Å². The summed E-state index contributed by atoms with van der Waals surface area (Å²) in [7, 11) is 0. The fourth-order valence-corrected chi connectivity index (χ4v) is 2.44. The van der Waals surface area contributed by atoms with E-state index in [9.17, 15) is 0 Å². The molecule has 1 unspecified atom stereocenters. The van der Waals surface area contributed by atoms with Crippen molar-refractivity contribution < 1.29 is 8.83 Å². The van der Waals surface area contributed by atoms with Gasteiger partial charge >= 0.3 is 0 Å². The zero-order chi connectivity index (χ0) is 13.9. The molecule has 0 spiro atoms. The third-order valence-corrected chi connectivity index (χ3v) is 3.49. The number of nitrogens with one attached hydrogen (secondary N) is 1. The number of benzene rings is 1. The standard InChI is InChI=1S/C17H19NO2/c1-3-9-18-16(17-12(2)8-10-19-17)15-11-13-6-4-5-7-14(13)20-15/h4-8,10-11,16,18H,3,9H2,1-2H3. The van der Waals surface area contributed by atoms with E-state index in [1.54, 1.807) is 6.26 Å². The molecule has 3 rings (SSSR count). The molecule has 1 atom stereocenters. The minimum absolute atomic E-state index is 0.0302. The lowest BCUT2D eigenvalue weighted by Crippen LogP contribution is -2.22. The van der Waals surface area contributed by atoms with Crippen molar-refractivity contribution in [1.82, 2.24) is 5.32 Å². The molecule has 3 nitrogen and oxygen atoms in total. The molecule has 2 aromatic heterocycles. The summed E-state index contributed by atoms with van der Waals surface area (Å²) in [5.74, 6) is 1.83. The number of fused-ring (bicyclic) bond motifs is 1. The molecule has 0 radical (unpaired) electrons. The van der Waals surface area contributed by atoms with E-state index in [0.29, 0.717) is 0 Å². The largest absolute Gasteiger partial charge is 0.467 e. The molecule has 2 heterocycles. The van der Waals surface area contributed by atoms with Crippen molar-refractivity contribution in [3.8, 4) is 0 Å². The summed E-state index contributed by atoms with van der Waals surface area (Å²) < 4.78 is 11.6. The van der Waals surface area contributed by atoms with Crippen LogP contribution in [0, 0.1) is 6.92 Å². The van der Waals surface area contributed by atoms with Crippen molar-refractivity contribution in [3.05, 3.63) is 59.7 Å². The van der Waals surface area contributed by atoms with Crippen molar-refractivity contribution in [2.24, 2.45) is 0 Å². The molecule has 0 aliphatic rings. The van der Waals surface area contributed by atoms with Gasteiger partial charge in [-0.25, -0.2) is 0 Å². The monoisotopic (exact) mass is 269 g/mol. The van der Waals surface area contributed by atoms with Gasteiger partial charge < -0.3 is 14.2 Å². The van der Waals surface area contributed by atoms with Gasteiger partial charge in [0, 0.05) is 5.39 Å². The van der Waals surface area contributed by atoms with E-state index in [-0.39, 0.29) is 6.04 Å². The van der Waals surface area contributed by atoms with Crippen LogP contribution in [0.4, 0.5) is 0 Å². The topological polar surface area (TPSA) is 38.3 Å². The minimum atomic E-state index is -0.0302. The van der Waals surface area contributed by atoms with Gasteiger partial charge in [0.1, 0.15) is 23.1 Å². The summed E-state index contributed by atoms with van der Waals surface area (Å²) >= 11 is 0. The first-order chi connectivity index (χ1) is 9.79. The predicted octanol–water partition coefficient (Wildman–Crippen LogP) is 4.42. The maximum atomic E-state index is 5.98. The number of hydrogen-bond acceptors (Lipinski definition) is 3. The van der Waals surface area contributed by atoms with Gasteiger partial charge in [-0.05, 0) is 43.7 Å². The first-order valence-electron chi connectivity index (χ1n) is 7.05. The van der Waals surface area contributed by atoms with E-state index in [4.69, 9.17) is 8.83 Å². The minimum Gasteiger partial charge on any atom is -0.467 e.